The van der Waals surface area contributed by atoms with Gasteiger partial charge in [0.15, 0.2) is 0 Å². The molecule has 0 saturated carbocycles. The number of carbonyl (C=O) groups is 1. The fraction of sp³-hybridized carbons (Fsp3) is 0.364. The highest BCUT2D eigenvalue weighted by Gasteiger charge is 2.31. The summed E-state index contributed by atoms with van der Waals surface area (Å²) in [6, 6.07) is 1.86. The number of hydrazine groups is 1. The summed E-state index contributed by atoms with van der Waals surface area (Å²) < 4.78 is 71.9. The Morgan fingerprint density at radius 3 is 2.61 bits per heavy atom. The quantitative estimate of drug-likeness (QED) is 0.673. The molecule has 0 unspecified atom stereocenters. The van der Waals surface area contributed by atoms with E-state index in [0.29, 0.717) is 17.1 Å². The van der Waals surface area contributed by atoms with E-state index in [0.717, 1.165) is 13.0 Å². The van der Waals surface area contributed by atoms with Crippen LogP contribution in [0.3, 0.4) is 0 Å². The van der Waals surface area contributed by atoms with Crippen LogP contribution in [0.2, 0.25) is 0 Å². The first-order valence-electron chi connectivity index (χ1n) is 6.33. The number of nitrogens with one attached hydrogen (secondary N) is 1. The van der Waals surface area contributed by atoms with Gasteiger partial charge in [-0.15, -0.1) is 0 Å². The van der Waals surface area contributed by atoms with Gasteiger partial charge in [0.1, 0.15) is 5.82 Å². The van der Waals surface area contributed by atoms with Crippen LogP contribution in [-0.4, -0.2) is 17.9 Å². The van der Waals surface area contributed by atoms with Crippen molar-refractivity contribution >= 4 is 5.91 Å². The summed E-state index contributed by atoms with van der Waals surface area (Å²) in [6.07, 6.45) is -4.67. The van der Waals surface area contributed by atoms with E-state index in [4.69, 9.17) is 4.11 Å². The summed E-state index contributed by atoms with van der Waals surface area (Å²) in [5.74, 6) is -1.98. The molecule has 0 radical (unpaired) electrons. The summed E-state index contributed by atoms with van der Waals surface area (Å²) in [4.78, 5) is 11.1. The molecular formula is C11H12F4N2O. The maximum atomic E-state index is 13.5. The molecule has 0 aromatic heterocycles. The molecule has 0 bridgehead atoms. The van der Waals surface area contributed by atoms with E-state index in [1.54, 1.807) is 0 Å². The average molecular weight is 267 g/mol. The van der Waals surface area contributed by atoms with Crippen molar-refractivity contribution in [3.8, 4) is 0 Å². The molecular weight excluding hydrogens is 252 g/mol. The summed E-state index contributed by atoms with van der Waals surface area (Å²) >= 11 is 0. The minimum atomic E-state index is -4.67. The molecule has 1 rings (SSSR count). The van der Waals surface area contributed by atoms with Crippen LogP contribution < -0.4 is 5.43 Å². The van der Waals surface area contributed by atoms with Crippen LogP contribution in [-0.2, 0) is 17.5 Å². The van der Waals surface area contributed by atoms with Crippen LogP contribution in [0.1, 0.15) is 22.2 Å². The number of amides is 1. The second kappa shape index (κ2) is 5.34. The number of benzene rings is 1. The maximum Gasteiger partial charge on any atom is 0.416 e. The van der Waals surface area contributed by atoms with E-state index in [2.05, 4.69) is 5.43 Å². The predicted molar refractivity (Wildman–Crippen MR) is 56.7 cm³/mol. The molecule has 0 spiro atoms. The van der Waals surface area contributed by atoms with Crippen molar-refractivity contribution in [1.29, 1.82) is 0 Å². The Bertz CT molecular complexity index is 531. The van der Waals surface area contributed by atoms with Crippen molar-refractivity contribution in [1.82, 2.24) is 10.4 Å². The fourth-order valence-electron chi connectivity index (χ4n) is 1.14. The normalized spacial score (nSPS) is 14.6. The molecule has 18 heavy (non-hydrogen) atoms. The number of nitrogens with zero attached hydrogens (tertiary/aromatic N) is 1. The highest BCUT2D eigenvalue weighted by Crippen LogP contribution is 2.30. The van der Waals surface area contributed by atoms with E-state index in [1.807, 2.05) is 0 Å². The third kappa shape index (κ3) is 3.69. The predicted octanol–water partition coefficient (Wildman–Crippen LogP) is 2.33. The number of halogens is 4. The van der Waals surface area contributed by atoms with Crippen molar-refractivity contribution in [3.05, 3.63) is 35.1 Å². The lowest BCUT2D eigenvalue weighted by Crippen LogP contribution is -2.37. The molecule has 0 atom stereocenters. The highest BCUT2D eigenvalue weighted by atomic mass is 19.4. The van der Waals surface area contributed by atoms with Crippen molar-refractivity contribution < 1.29 is 26.5 Å². The van der Waals surface area contributed by atoms with Gasteiger partial charge in [-0.3, -0.25) is 9.80 Å². The lowest BCUT2D eigenvalue weighted by atomic mass is 10.1. The van der Waals surface area contributed by atoms with Crippen LogP contribution in [0.15, 0.2) is 18.2 Å². The topological polar surface area (TPSA) is 32.3 Å². The Balaban J connectivity index is 2.87. The molecule has 0 aliphatic carbocycles. The first-order chi connectivity index (χ1) is 9.43. The Labute approximate surface area is 106 Å². The lowest BCUT2D eigenvalue weighted by Gasteiger charge is -2.17. The average Bonchev–Trinajstić information content (AvgIpc) is 2.27. The van der Waals surface area contributed by atoms with Crippen molar-refractivity contribution in [2.75, 3.05) is 6.98 Å². The van der Waals surface area contributed by atoms with Gasteiger partial charge in [-0.1, -0.05) is 6.07 Å². The lowest BCUT2D eigenvalue weighted by molar-refractivity contribution is -0.137. The van der Waals surface area contributed by atoms with Gasteiger partial charge < -0.3 is 0 Å². The van der Waals surface area contributed by atoms with Crippen molar-refractivity contribution in [2.24, 2.45) is 0 Å². The number of carbonyl (C=O) groups excluding carboxylic acids is 1. The zero-order chi connectivity index (χ0) is 16.4. The number of hydrogen-bond donors (Lipinski definition) is 1. The summed E-state index contributed by atoms with van der Waals surface area (Å²) in [7, 11) is 0. The van der Waals surface area contributed by atoms with Crippen LogP contribution in [0.25, 0.3) is 0 Å². The molecule has 1 aromatic rings. The highest BCUT2D eigenvalue weighted by molar-refractivity contribution is 5.72. The third-order valence-electron chi connectivity index (χ3n) is 2.12. The smallest absolute Gasteiger partial charge is 0.281 e. The molecule has 0 saturated heterocycles. The second-order valence-electron chi connectivity index (χ2n) is 3.49. The van der Waals surface area contributed by atoms with Gasteiger partial charge in [0.2, 0.25) is 5.91 Å². The SMILES string of the molecule is [2H]C([2H])([2H])N(NCc1ccc(C(F)(F)F)cc1F)C(C)=O. The number of rotatable bonds is 3. The van der Waals surface area contributed by atoms with Gasteiger partial charge in [0, 0.05) is 30.1 Å². The van der Waals surface area contributed by atoms with Crippen LogP contribution in [0.5, 0.6) is 0 Å². The van der Waals surface area contributed by atoms with E-state index >= 15 is 0 Å². The molecule has 0 aliphatic heterocycles. The molecule has 0 heterocycles. The van der Waals surface area contributed by atoms with E-state index in [9.17, 15) is 22.4 Å². The third-order valence-corrected chi connectivity index (χ3v) is 2.12. The van der Waals surface area contributed by atoms with Gasteiger partial charge in [0.05, 0.1) is 5.56 Å². The molecule has 1 amide bonds. The minimum Gasteiger partial charge on any atom is -0.281 e. The van der Waals surface area contributed by atoms with Gasteiger partial charge in [-0.05, 0) is 12.1 Å². The standard InChI is InChI=1S/C11H12F4N2O/c1-7(18)17(2)16-6-8-3-4-9(5-10(8)12)11(13,14)15/h3-5,16H,6H2,1-2H3/i2D3. The van der Waals surface area contributed by atoms with Gasteiger partial charge in [-0.25, -0.2) is 9.82 Å². The van der Waals surface area contributed by atoms with E-state index in [1.165, 1.54) is 0 Å². The maximum absolute atomic E-state index is 13.5. The second-order valence-corrected chi connectivity index (χ2v) is 3.49. The fourth-order valence-corrected chi connectivity index (χ4v) is 1.14. The van der Waals surface area contributed by atoms with E-state index < -0.39 is 37.0 Å². The molecule has 1 N–H and O–H groups in total. The minimum absolute atomic E-state index is 0.196. The number of alkyl halides is 3. The Hall–Kier alpha value is -1.63. The number of hydrogen-bond acceptors (Lipinski definition) is 2. The molecule has 7 heteroatoms. The van der Waals surface area contributed by atoms with Gasteiger partial charge >= 0.3 is 6.18 Å². The molecule has 100 valence electrons. The first kappa shape index (κ1) is 10.3. The van der Waals surface area contributed by atoms with Gasteiger partial charge in [-0.2, -0.15) is 13.2 Å². The Morgan fingerprint density at radius 2 is 2.17 bits per heavy atom. The van der Waals surface area contributed by atoms with Crippen molar-refractivity contribution in [2.45, 2.75) is 19.6 Å². The zero-order valence-electron chi connectivity index (χ0n) is 12.3. The largest absolute Gasteiger partial charge is 0.416 e. The first-order valence-corrected chi connectivity index (χ1v) is 4.83. The van der Waals surface area contributed by atoms with Crippen LogP contribution >= 0.6 is 0 Å². The van der Waals surface area contributed by atoms with E-state index in [-0.39, 0.29) is 5.56 Å². The Morgan fingerprint density at radius 1 is 1.50 bits per heavy atom. The molecule has 3 nitrogen and oxygen atoms in total. The summed E-state index contributed by atoms with van der Waals surface area (Å²) in [5, 5.41) is 0.310. The van der Waals surface area contributed by atoms with Gasteiger partial charge in [0.25, 0.3) is 0 Å². The van der Waals surface area contributed by atoms with Crippen molar-refractivity contribution in [3.63, 3.8) is 0 Å². The zero-order valence-corrected chi connectivity index (χ0v) is 9.31. The Kier molecular flexibility index (Phi) is 3.06. The van der Waals surface area contributed by atoms with Crippen LogP contribution in [0, 0.1) is 5.82 Å². The monoisotopic (exact) mass is 267 g/mol. The van der Waals surface area contributed by atoms with Crippen LogP contribution in [0.4, 0.5) is 17.6 Å². The molecule has 1 aromatic carbocycles. The molecule has 0 aliphatic rings. The summed E-state index contributed by atoms with van der Waals surface area (Å²) in [6.45, 7) is -2.24. The molecule has 0 fully saturated rings. The summed E-state index contributed by atoms with van der Waals surface area (Å²) in [5.41, 5.74) is 0.829.